The average Bonchev–Trinajstić information content (AvgIpc) is 3.83. The second-order valence-corrected chi connectivity index (χ2v) is 20.3. The lowest BCUT2D eigenvalue weighted by molar-refractivity contribution is 0.590. The largest absolute Gasteiger partial charge is 0.310 e. The van der Waals surface area contributed by atoms with Crippen LogP contribution in [0.5, 0.6) is 0 Å². The van der Waals surface area contributed by atoms with Crippen molar-refractivity contribution in [1.82, 2.24) is 13.7 Å². The third kappa shape index (κ3) is 4.36. The molecule has 4 heteroatoms. The second kappa shape index (κ2) is 10.9. The molecule has 3 aromatic heterocycles. The van der Waals surface area contributed by atoms with Crippen molar-refractivity contribution in [1.29, 1.82) is 0 Å². The fraction of sp³-hybridized carbons (Fsp3) is 0.222. The van der Waals surface area contributed by atoms with E-state index < -0.39 is 0 Å². The zero-order chi connectivity index (χ0) is 39.8. The predicted octanol–water partition coefficient (Wildman–Crippen LogP) is 12.0. The van der Waals surface area contributed by atoms with Gasteiger partial charge in [0.25, 0.3) is 6.71 Å². The zero-order valence-corrected chi connectivity index (χ0v) is 35.0. The fourth-order valence-electron chi connectivity index (χ4n) is 10.7. The summed E-state index contributed by atoms with van der Waals surface area (Å²) < 4.78 is 7.72. The first-order chi connectivity index (χ1) is 27.7. The van der Waals surface area contributed by atoms with Gasteiger partial charge in [-0.1, -0.05) is 141 Å². The molecular weight excluding hydrogens is 701 g/mol. The average molecular weight is 750 g/mol. The van der Waals surface area contributed by atoms with Crippen LogP contribution >= 0.6 is 0 Å². The molecule has 282 valence electrons. The number of rotatable bonds is 1. The van der Waals surface area contributed by atoms with E-state index in [2.05, 4.69) is 203 Å². The molecule has 58 heavy (non-hydrogen) atoms. The van der Waals surface area contributed by atoms with Crippen LogP contribution in [-0.2, 0) is 16.2 Å². The summed E-state index contributed by atoms with van der Waals surface area (Å²) in [6.07, 6.45) is 0. The van der Waals surface area contributed by atoms with Crippen molar-refractivity contribution in [3.8, 4) is 17.1 Å². The molecule has 0 unspecified atom stereocenters. The Morgan fingerprint density at radius 3 is 1.57 bits per heavy atom. The number of benzene rings is 7. The molecule has 0 bridgehead atoms. The van der Waals surface area contributed by atoms with Gasteiger partial charge in [0.2, 0.25) is 0 Å². The number of hydrogen-bond donors (Lipinski definition) is 0. The molecule has 0 aliphatic carbocycles. The molecule has 0 amide bonds. The smallest absolute Gasteiger partial charge is 0.252 e. The van der Waals surface area contributed by atoms with Crippen molar-refractivity contribution in [2.24, 2.45) is 0 Å². The van der Waals surface area contributed by atoms with Crippen LogP contribution in [0.15, 0.2) is 127 Å². The molecular formula is C54H48BN3. The van der Waals surface area contributed by atoms with Crippen LogP contribution in [0.1, 0.15) is 79.0 Å². The minimum atomic E-state index is -0.0304. The van der Waals surface area contributed by atoms with E-state index in [9.17, 15) is 0 Å². The topological polar surface area (TPSA) is 14.8 Å². The first kappa shape index (κ1) is 34.1. The summed E-state index contributed by atoms with van der Waals surface area (Å²) in [7, 11) is 0. The first-order valence-corrected chi connectivity index (χ1v) is 21.1. The number of fused-ring (bicyclic) bond motifs is 14. The van der Waals surface area contributed by atoms with E-state index in [0.29, 0.717) is 0 Å². The maximum absolute atomic E-state index is 2.64. The normalized spacial score (nSPS) is 13.9. The van der Waals surface area contributed by atoms with Crippen LogP contribution in [0.25, 0.3) is 82.5 Å². The van der Waals surface area contributed by atoms with Crippen LogP contribution in [0.3, 0.4) is 0 Å². The van der Waals surface area contributed by atoms with Crippen molar-refractivity contribution >= 4 is 88.5 Å². The zero-order valence-electron chi connectivity index (χ0n) is 35.0. The highest BCUT2D eigenvalue weighted by molar-refractivity contribution is 7.00. The number of aromatic nitrogens is 3. The van der Waals surface area contributed by atoms with Gasteiger partial charge in [-0.05, 0) is 97.9 Å². The van der Waals surface area contributed by atoms with Crippen LogP contribution in [-0.4, -0.2) is 20.4 Å². The van der Waals surface area contributed by atoms with Crippen LogP contribution in [0.2, 0.25) is 0 Å². The molecule has 3 nitrogen and oxygen atoms in total. The summed E-state index contributed by atoms with van der Waals surface area (Å²) in [5.41, 5.74) is 19.8. The second-order valence-electron chi connectivity index (χ2n) is 20.3. The Hall–Kier alpha value is -6.00. The lowest BCUT2D eigenvalue weighted by Gasteiger charge is -2.35. The highest BCUT2D eigenvalue weighted by atomic mass is 15.0. The van der Waals surface area contributed by atoms with E-state index in [4.69, 9.17) is 0 Å². The molecule has 0 spiro atoms. The predicted molar refractivity (Wildman–Crippen MR) is 250 cm³/mol. The monoisotopic (exact) mass is 749 g/mol. The summed E-state index contributed by atoms with van der Waals surface area (Å²) in [5, 5.41) is 7.86. The fourth-order valence-corrected chi connectivity index (χ4v) is 10.7. The molecule has 7 aromatic carbocycles. The molecule has 0 N–H and O–H groups in total. The number of para-hydroxylation sites is 2. The third-order valence-electron chi connectivity index (χ3n) is 13.7. The molecule has 2 aliphatic heterocycles. The van der Waals surface area contributed by atoms with Crippen molar-refractivity contribution in [3.63, 3.8) is 0 Å². The molecule has 12 rings (SSSR count). The molecule has 0 saturated heterocycles. The maximum atomic E-state index is 2.64. The third-order valence-corrected chi connectivity index (χ3v) is 13.7. The van der Waals surface area contributed by atoms with E-state index >= 15 is 0 Å². The van der Waals surface area contributed by atoms with Gasteiger partial charge in [-0.25, -0.2) is 0 Å². The van der Waals surface area contributed by atoms with Crippen molar-refractivity contribution in [2.75, 3.05) is 0 Å². The standard InChI is InChI=1S/C54H48BN3/c1-52(2,3)31-19-24-45-41(27-31)55-42-28-33(54(7,8)9)26-40-38-22-20-34(56-43-16-12-10-14-35(43)36-15-11-13-17-44(36)56)30-48(38)58(50(40)42)46-25-23-39-37-21-18-32(53(4,5)6)29-47(37)57(45)51(39)49(46)55/h10-30H,1-9H3. The van der Waals surface area contributed by atoms with Crippen molar-refractivity contribution in [3.05, 3.63) is 144 Å². The SMILES string of the molecule is CC(C)(C)c1ccc2c(c1)B1c3cc(C(C)(C)C)cc4c5ccc(-n6c7ccccc7c7ccccc76)cc5n(c34)-c3ccc4c5ccc(C(C)(C)C)cc5n-2c4c31. The van der Waals surface area contributed by atoms with Crippen molar-refractivity contribution < 1.29 is 0 Å². The van der Waals surface area contributed by atoms with Gasteiger partial charge >= 0.3 is 0 Å². The Balaban J connectivity index is 1.26. The Bertz CT molecular complexity index is 3400. The number of nitrogens with zero attached hydrogens (tertiary/aromatic N) is 3. The van der Waals surface area contributed by atoms with E-state index in [-0.39, 0.29) is 23.0 Å². The van der Waals surface area contributed by atoms with Gasteiger partial charge in [-0.2, -0.15) is 0 Å². The molecule has 0 saturated carbocycles. The number of hydrogen-bond acceptors (Lipinski definition) is 0. The summed E-state index contributed by atoms with van der Waals surface area (Å²) in [6, 6.07) is 49.4. The van der Waals surface area contributed by atoms with Crippen LogP contribution in [0, 0.1) is 0 Å². The van der Waals surface area contributed by atoms with Crippen LogP contribution in [0.4, 0.5) is 0 Å². The quantitative estimate of drug-likeness (QED) is 0.149. The maximum Gasteiger partial charge on any atom is 0.252 e. The molecule has 0 radical (unpaired) electrons. The minimum Gasteiger partial charge on any atom is -0.310 e. The van der Waals surface area contributed by atoms with Gasteiger partial charge in [0.15, 0.2) is 0 Å². The molecule has 10 aromatic rings. The van der Waals surface area contributed by atoms with E-state index in [1.807, 2.05) is 0 Å². The van der Waals surface area contributed by atoms with E-state index in [1.165, 1.54) is 116 Å². The molecule has 5 heterocycles. The Morgan fingerprint density at radius 2 is 0.879 bits per heavy atom. The van der Waals surface area contributed by atoms with Gasteiger partial charge in [0.1, 0.15) is 0 Å². The Labute approximate surface area is 340 Å². The summed E-state index contributed by atoms with van der Waals surface area (Å²) in [6.45, 7) is 21.2. The minimum absolute atomic E-state index is 0.0116. The van der Waals surface area contributed by atoms with Gasteiger partial charge in [-0.15, -0.1) is 0 Å². The molecule has 0 fully saturated rings. The van der Waals surface area contributed by atoms with Gasteiger partial charge in [0, 0.05) is 54.9 Å². The Kier molecular flexibility index (Phi) is 6.42. The molecule has 2 aliphatic rings. The highest BCUT2D eigenvalue weighted by Gasteiger charge is 2.42. The first-order valence-electron chi connectivity index (χ1n) is 21.1. The lowest BCUT2D eigenvalue weighted by atomic mass is 9.34. The van der Waals surface area contributed by atoms with Gasteiger partial charge in [0.05, 0.1) is 27.6 Å². The highest BCUT2D eigenvalue weighted by Crippen LogP contribution is 2.43. The van der Waals surface area contributed by atoms with Crippen molar-refractivity contribution in [2.45, 2.75) is 78.6 Å². The summed E-state index contributed by atoms with van der Waals surface area (Å²) in [4.78, 5) is 0. The Morgan fingerprint density at radius 1 is 0.362 bits per heavy atom. The molecule has 0 atom stereocenters. The van der Waals surface area contributed by atoms with E-state index in [0.717, 1.165) is 0 Å². The lowest BCUT2D eigenvalue weighted by Crippen LogP contribution is -2.59. The van der Waals surface area contributed by atoms with Crippen LogP contribution < -0.4 is 16.4 Å². The van der Waals surface area contributed by atoms with Gasteiger partial charge in [-0.3, -0.25) is 0 Å². The van der Waals surface area contributed by atoms with Gasteiger partial charge < -0.3 is 13.7 Å². The summed E-state index contributed by atoms with van der Waals surface area (Å²) in [5.74, 6) is 0. The van der Waals surface area contributed by atoms with E-state index in [1.54, 1.807) is 0 Å². The summed E-state index contributed by atoms with van der Waals surface area (Å²) >= 11 is 0.